The fraction of sp³-hybridized carbons (Fsp3) is 0.900. The molecule has 0 saturated carbocycles. The first-order valence-corrected chi connectivity index (χ1v) is 6.54. The maximum Gasteiger partial charge on any atom is 0.179 e. The molecule has 0 bridgehead atoms. The molecule has 0 amide bonds. The highest BCUT2D eigenvalue weighted by atomic mass is 28.2. The molecule has 0 aromatic carbocycles. The van der Waals surface area contributed by atoms with E-state index in [0.717, 1.165) is 19.3 Å². The quantitative estimate of drug-likeness (QED) is 0.615. The molecule has 1 unspecified atom stereocenters. The molecule has 0 radical (unpaired) electrons. The fourth-order valence-corrected chi connectivity index (χ4v) is 2.32. The van der Waals surface area contributed by atoms with Gasteiger partial charge in [0.05, 0.1) is 17.2 Å². The molecule has 0 aliphatic carbocycles. The summed E-state index contributed by atoms with van der Waals surface area (Å²) in [7, 11) is -0.662. The van der Waals surface area contributed by atoms with E-state index in [0.29, 0.717) is 0 Å². The van der Waals surface area contributed by atoms with Gasteiger partial charge in [0.25, 0.3) is 0 Å². The largest absolute Gasteiger partial charge is 0.418 e. The van der Waals surface area contributed by atoms with Crippen LogP contribution >= 0.6 is 0 Å². The van der Waals surface area contributed by atoms with E-state index in [9.17, 15) is 0 Å². The lowest BCUT2D eigenvalue weighted by Gasteiger charge is -2.28. The molecule has 0 aromatic heterocycles. The van der Waals surface area contributed by atoms with Gasteiger partial charge in [0, 0.05) is 0 Å². The fourth-order valence-electron chi connectivity index (χ4n) is 1.00. The van der Waals surface area contributed by atoms with Crippen LogP contribution in [-0.4, -0.2) is 15.4 Å². The summed E-state index contributed by atoms with van der Waals surface area (Å²) < 4.78 is 5.89. The molecule has 3 heteroatoms. The lowest BCUT2D eigenvalue weighted by Crippen LogP contribution is -2.29. The van der Waals surface area contributed by atoms with Crippen molar-refractivity contribution in [2.45, 2.75) is 58.1 Å². The first-order chi connectivity index (χ1) is 6.11. The number of hydrogen-bond donors (Lipinski definition) is 0. The van der Waals surface area contributed by atoms with Gasteiger partial charge in [-0.3, -0.25) is 0 Å². The highest BCUT2D eigenvalue weighted by Gasteiger charge is 2.21. The zero-order chi connectivity index (χ0) is 10.3. The third-order valence-corrected chi connectivity index (χ3v) is 4.83. The Balaban J connectivity index is 3.92. The molecule has 0 saturated heterocycles. The van der Waals surface area contributed by atoms with Crippen LogP contribution in [0.25, 0.3) is 0 Å². The lowest BCUT2D eigenvalue weighted by atomic mass is 10.0. The maximum atomic E-state index is 8.77. The number of nitrogens with zero attached hydrogens (tertiary/aromatic N) is 1. The molecule has 0 rings (SSSR count). The van der Waals surface area contributed by atoms with Crippen molar-refractivity contribution in [3.8, 4) is 6.07 Å². The highest BCUT2D eigenvalue weighted by Crippen LogP contribution is 2.21. The van der Waals surface area contributed by atoms with E-state index >= 15 is 0 Å². The molecule has 0 aromatic rings. The molecule has 0 aliphatic heterocycles. The smallest absolute Gasteiger partial charge is 0.179 e. The van der Waals surface area contributed by atoms with Gasteiger partial charge in [-0.15, -0.1) is 0 Å². The lowest BCUT2D eigenvalue weighted by molar-refractivity contribution is 0.0839. The van der Waals surface area contributed by atoms with Crippen molar-refractivity contribution in [3.63, 3.8) is 0 Å². The molecule has 2 nitrogen and oxygen atoms in total. The summed E-state index contributed by atoms with van der Waals surface area (Å²) in [5.41, 5.74) is 0.216. The van der Waals surface area contributed by atoms with Crippen molar-refractivity contribution in [2.75, 3.05) is 0 Å². The Labute approximate surface area is 84.2 Å². The number of hydrogen-bond acceptors (Lipinski definition) is 2. The Morgan fingerprint density at radius 2 is 1.92 bits per heavy atom. The zero-order valence-corrected chi connectivity index (χ0v) is 10.7. The predicted molar refractivity (Wildman–Crippen MR) is 58.3 cm³/mol. The van der Waals surface area contributed by atoms with Crippen molar-refractivity contribution in [1.82, 2.24) is 0 Å². The van der Waals surface area contributed by atoms with Gasteiger partial charge >= 0.3 is 0 Å². The van der Waals surface area contributed by atoms with Gasteiger partial charge in [-0.25, -0.2) is 0 Å². The standard InChI is InChI=1S/C10H21NOSi/c1-5-9(8-11)13-12-10(4,6-2)7-3/h9H,5-7,13H2,1-4H3. The van der Waals surface area contributed by atoms with E-state index in [1.807, 2.05) is 0 Å². The minimum absolute atomic E-state index is 0.0243. The van der Waals surface area contributed by atoms with Gasteiger partial charge in [0.15, 0.2) is 9.76 Å². The van der Waals surface area contributed by atoms with Crippen molar-refractivity contribution < 1.29 is 4.43 Å². The molecule has 0 aliphatic rings. The van der Waals surface area contributed by atoms with Gasteiger partial charge in [-0.1, -0.05) is 20.8 Å². The summed E-state index contributed by atoms with van der Waals surface area (Å²) in [5.74, 6) is 0. The first kappa shape index (κ1) is 12.7. The van der Waals surface area contributed by atoms with Crippen LogP contribution in [0.4, 0.5) is 0 Å². The van der Waals surface area contributed by atoms with Crippen molar-refractivity contribution in [1.29, 1.82) is 5.26 Å². The predicted octanol–water partition coefficient (Wildman–Crippen LogP) is 2.39. The average molecular weight is 199 g/mol. The molecule has 0 fully saturated rings. The van der Waals surface area contributed by atoms with Crippen LogP contribution in [0, 0.1) is 11.3 Å². The van der Waals surface area contributed by atoms with Crippen LogP contribution in [0.5, 0.6) is 0 Å². The molecule has 76 valence electrons. The average Bonchev–Trinajstić information content (AvgIpc) is 2.19. The second-order valence-electron chi connectivity index (χ2n) is 3.70. The van der Waals surface area contributed by atoms with Crippen LogP contribution in [0.1, 0.15) is 47.0 Å². The van der Waals surface area contributed by atoms with E-state index < -0.39 is 9.76 Å². The summed E-state index contributed by atoms with van der Waals surface area (Å²) in [6.07, 6.45) is 3.02. The Morgan fingerprint density at radius 1 is 1.38 bits per heavy atom. The Morgan fingerprint density at radius 3 is 2.23 bits per heavy atom. The molecular weight excluding hydrogens is 178 g/mol. The molecular formula is C10H21NOSi. The molecule has 13 heavy (non-hydrogen) atoms. The van der Waals surface area contributed by atoms with E-state index in [-0.39, 0.29) is 11.1 Å². The molecule has 1 atom stereocenters. The Bertz CT molecular complexity index is 172. The van der Waals surface area contributed by atoms with Crippen LogP contribution in [-0.2, 0) is 4.43 Å². The summed E-state index contributed by atoms with van der Waals surface area (Å²) >= 11 is 0. The minimum atomic E-state index is -0.662. The second kappa shape index (κ2) is 6.17. The summed E-state index contributed by atoms with van der Waals surface area (Å²) in [5, 5.41) is 8.77. The summed E-state index contributed by atoms with van der Waals surface area (Å²) in [4.78, 5) is 0. The maximum absolute atomic E-state index is 8.77. The van der Waals surface area contributed by atoms with Crippen LogP contribution in [0.15, 0.2) is 0 Å². The van der Waals surface area contributed by atoms with Gasteiger partial charge in [-0.05, 0) is 26.2 Å². The van der Waals surface area contributed by atoms with Gasteiger partial charge in [-0.2, -0.15) is 5.26 Å². The number of rotatable bonds is 6. The van der Waals surface area contributed by atoms with E-state index in [1.54, 1.807) is 0 Å². The van der Waals surface area contributed by atoms with E-state index in [2.05, 4.69) is 33.8 Å². The minimum Gasteiger partial charge on any atom is -0.418 e. The van der Waals surface area contributed by atoms with Gasteiger partial charge < -0.3 is 4.43 Å². The van der Waals surface area contributed by atoms with E-state index in [4.69, 9.17) is 9.69 Å². The normalized spacial score (nSPS) is 14.7. The topological polar surface area (TPSA) is 33.0 Å². The van der Waals surface area contributed by atoms with Crippen molar-refractivity contribution in [2.24, 2.45) is 0 Å². The Hall–Kier alpha value is -0.333. The van der Waals surface area contributed by atoms with Gasteiger partial charge in [0.2, 0.25) is 0 Å². The molecule has 0 N–H and O–H groups in total. The monoisotopic (exact) mass is 199 g/mol. The molecule has 0 heterocycles. The SMILES string of the molecule is CCC(C#N)[SiH2]OC(C)(CC)CC. The van der Waals surface area contributed by atoms with E-state index in [1.165, 1.54) is 0 Å². The van der Waals surface area contributed by atoms with Crippen LogP contribution in [0.3, 0.4) is 0 Å². The Kier molecular flexibility index (Phi) is 6.01. The van der Waals surface area contributed by atoms with Crippen molar-refractivity contribution in [3.05, 3.63) is 0 Å². The summed E-state index contributed by atoms with van der Waals surface area (Å²) in [6, 6.07) is 2.31. The van der Waals surface area contributed by atoms with Crippen LogP contribution in [0.2, 0.25) is 5.54 Å². The zero-order valence-electron chi connectivity index (χ0n) is 9.26. The second-order valence-corrected chi connectivity index (χ2v) is 5.31. The van der Waals surface area contributed by atoms with Gasteiger partial charge in [0.1, 0.15) is 0 Å². The molecule has 0 spiro atoms. The number of nitriles is 1. The third-order valence-electron chi connectivity index (χ3n) is 2.80. The third kappa shape index (κ3) is 4.44. The van der Waals surface area contributed by atoms with Crippen LogP contribution < -0.4 is 0 Å². The highest BCUT2D eigenvalue weighted by molar-refractivity contribution is 6.31. The van der Waals surface area contributed by atoms with Crippen molar-refractivity contribution >= 4 is 9.76 Å². The first-order valence-electron chi connectivity index (χ1n) is 5.15. The summed E-state index contributed by atoms with van der Waals surface area (Å²) in [6.45, 7) is 8.49.